The number of carbonyl (C=O) groups is 3. The van der Waals surface area contributed by atoms with Crippen LogP contribution in [0.15, 0.2) is 96.8 Å². The van der Waals surface area contributed by atoms with E-state index in [2.05, 4.69) is 10.2 Å². The van der Waals surface area contributed by atoms with Crippen molar-refractivity contribution >= 4 is 46.1 Å². The Kier molecular flexibility index (Phi) is 7.22. The molecule has 5 rings (SSSR count). The highest BCUT2D eigenvalue weighted by Gasteiger charge is 2.32. The van der Waals surface area contributed by atoms with Gasteiger partial charge in [0.15, 0.2) is 0 Å². The molecule has 1 aromatic heterocycles. The quantitative estimate of drug-likeness (QED) is 0.288. The van der Waals surface area contributed by atoms with Crippen LogP contribution in [0.1, 0.15) is 12.6 Å². The second-order valence-corrected chi connectivity index (χ2v) is 8.79. The number of aromatic amines is 1. The van der Waals surface area contributed by atoms with Crippen LogP contribution in [-0.4, -0.2) is 53.0 Å². The molecule has 0 spiro atoms. The fourth-order valence-electron chi connectivity index (χ4n) is 4.43. The number of likely N-dealkylation sites (N-methyl/N-ethyl adjacent to an activating group) is 1. The summed E-state index contributed by atoms with van der Waals surface area (Å²) < 4.78 is 5.22. The highest BCUT2D eigenvalue weighted by Crippen LogP contribution is 2.25. The van der Waals surface area contributed by atoms with Gasteiger partial charge in [-0.2, -0.15) is 5.10 Å². The maximum atomic E-state index is 13.8. The van der Waals surface area contributed by atoms with Crippen molar-refractivity contribution in [1.82, 2.24) is 15.1 Å². The first kappa shape index (κ1) is 25.5. The molecule has 3 aromatic carbocycles. The number of aromatic nitrogens is 2. The van der Waals surface area contributed by atoms with E-state index in [0.29, 0.717) is 34.9 Å². The Morgan fingerprint density at radius 3 is 2.38 bits per heavy atom. The van der Waals surface area contributed by atoms with Crippen LogP contribution in [-0.2, 0) is 14.4 Å². The van der Waals surface area contributed by atoms with Crippen molar-refractivity contribution in [2.24, 2.45) is 0 Å². The van der Waals surface area contributed by atoms with Crippen molar-refractivity contribution in [3.8, 4) is 5.75 Å². The van der Waals surface area contributed by atoms with Crippen LogP contribution in [0.5, 0.6) is 5.75 Å². The number of hydrogen-bond donors (Lipinski definition) is 1. The number of amides is 3. The number of nitrogens with zero attached hydrogens (tertiary/aromatic N) is 4. The van der Waals surface area contributed by atoms with Gasteiger partial charge in [-0.3, -0.25) is 24.4 Å². The summed E-state index contributed by atoms with van der Waals surface area (Å²) in [6, 6.07) is 23.6. The van der Waals surface area contributed by atoms with E-state index in [0.717, 1.165) is 5.39 Å². The van der Waals surface area contributed by atoms with Gasteiger partial charge in [0, 0.05) is 35.7 Å². The number of fused-ring (bicyclic) bond motifs is 1. The maximum absolute atomic E-state index is 13.8. The molecule has 39 heavy (non-hydrogen) atoms. The number of methoxy groups -OCH3 is 1. The van der Waals surface area contributed by atoms with Crippen LogP contribution in [0.25, 0.3) is 17.0 Å². The first-order chi connectivity index (χ1) is 19.0. The minimum Gasteiger partial charge on any atom is -0.497 e. The summed E-state index contributed by atoms with van der Waals surface area (Å²) in [7, 11) is 1.58. The molecule has 1 aliphatic rings. The summed E-state index contributed by atoms with van der Waals surface area (Å²) in [6.07, 6.45) is 4.48. The smallest absolute Gasteiger partial charge is 0.268 e. The number of H-pyrrole nitrogens is 1. The summed E-state index contributed by atoms with van der Waals surface area (Å²) in [5, 5.41) is 7.97. The topological polar surface area (TPSA) is 98.8 Å². The van der Waals surface area contributed by atoms with Crippen LogP contribution >= 0.6 is 0 Å². The van der Waals surface area contributed by atoms with Crippen LogP contribution in [0.2, 0.25) is 0 Å². The van der Waals surface area contributed by atoms with Crippen LogP contribution in [0.4, 0.5) is 11.4 Å². The molecule has 1 aliphatic heterocycles. The Balaban J connectivity index is 1.51. The van der Waals surface area contributed by atoms with Gasteiger partial charge in [0.1, 0.15) is 17.9 Å². The van der Waals surface area contributed by atoms with Crippen LogP contribution < -0.4 is 14.5 Å². The third kappa shape index (κ3) is 5.15. The normalized spacial score (nSPS) is 14.7. The van der Waals surface area contributed by atoms with Gasteiger partial charge in [0.05, 0.1) is 18.3 Å². The summed E-state index contributed by atoms with van der Waals surface area (Å²) >= 11 is 0. The molecular formula is C30H27N5O4. The van der Waals surface area contributed by atoms with Crippen molar-refractivity contribution in [2.75, 3.05) is 30.0 Å². The molecule has 0 aliphatic carbocycles. The summed E-state index contributed by atoms with van der Waals surface area (Å²) in [4.78, 5) is 45.2. The van der Waals surface area contributed by atoms with E-state index in [1.54, 1.807) is 48.4 Å². The monoisotopic (exact) mass is 521 g/mol. The standard InChI is InChI=1S/C30H27N5O4/c1-3-34(22-13-15-23(39-2)16-14-22)28(36)20-33-17-18-35(21-9-5-4-6-10-21)30(38)25(29(33)37)19-27-24-11-7-8-12-26(24)31-32-27/h4-19H,3,20H2,1-2H3,(H,31,32)/b25-19+. The highest BCUT2D eigenvalue weighted by molar-refractivity contribution is 6.28. The second-order valence-electron chi connectivity index (χ2n) is 8.79. The molecule has 0 unspecified atom stereocenters. The lowest BCUT2D eigenvalue weighted by molar-refractivity contribution is -0.131. The van der Waals surface area contributed by atoms with Gasteiger partial charge in [0.25, 0.3) is 11.8 Å². The van der Waals surface area contributed by atoms with Crippen molar-refractivity contribution < 1.29 is 19.1 Å². The fraction of sp³-hybridized carbons (Fsp3) is 0.133. The van der Waals surface area contributed by atoms with Crippen LogP contribution in [0.3, 0.4) is 0 Å². The van der Waals surface area contributed by atoms with Gasteiger partial charge in [-0.15, -0.1) is 0 Å². The van der Waals surface area contributed by atoms with Gasteiger partial charge in [-0.05, 0) is 55.5 Å². The number of benzene rings is 3. The van der Waals surface area contributed by atoms with Gasteiger partial charge < -0.3 is 14.5 Å². The molecule has 3 amide bonds. The average molecular weight is 522 g/mol. The first-order valence-corrected chi connectivity index (χ1v) is 12.5. The number of hydrogen-bond acceptors (Lipinski definition) is 5. The minimum atomic E-state index is -0.590. The number of rotatable bonds is 7. The molecule has 196 valence electrons. The number of anilines is 2. The Morgan fingerprint density at radius 1 is 0.949 bits per heavy atom. The molecule has 0 saturated heterocycles. The molecule has 0 saturated carbocycles. The van der Waals surface area contributed by atoms with E-state index in [4.69, 9.17) is 4.74 Å². The van der Waals surface area contributed by atoms with E-state index in [-0.39, 0.29) is 18.0 Å². The number of carbonyl (C=O) groups excluding carboxylic acids is 3. The zero-order chi connectivity index (χ0) is 27.4. The Morgan fingerprint density at radius 2 is 1.67 bits per heavy atom. The summed E-state index contributed by atoms with van der Waals surface area (Å²) in [5.41, 5.74) is 2.40. The third-order valence-electron chi connectivity index (χ3n) is 6.46. The molecule has 4 aromatic rings. The lowest BCUT2D eigenvalue weighted by Crippen LogP contribution is -2.41. The van der Waals surface area contributed by atoms with Gasteiger partial charge in [0.2, 0.25) is 5.91 Å². The second kappa shape index (κ2) is 11.1. The zero-order valence-corrected chi connectivity index (χ0v) is 21.6. The number of para-hydroxylation sites is 2. The van der Waals surface area contributed by atoms with Crippen molar-refractivity contribution in [3.63, 3.8) is 0 Å². The first-order valence-electron chi connectivity index (χ1n) is 12.5. The molecule has 0 fully saturated rings. The van der Waals surface area contributed by atoms with E-state index in [1.165, 1.54) is 28.3 Å². The fourth-order valence-corrected chi connectivity index (χ4v) is 4.43. The third-order valence-corrected chi connectivity index (χ3v) is 6.46. The largest absolute Gasteiger partial charge is 0.497 e. The van der Waals surface area contributed by atoms with E-state index in [1.807, 2.05) is 49.4 Å². The zero-order valence-electron chi connectivity index (χ0n) is 21.6. The predicted octanol–water partition coefficient (Wildman–Crippen LogP) is 4.35. The molecular weight excluding hydrogens is 494 g/mol. The lowest BCUT2D eigenvalue weighted by atomic mass is 10.1. The Labute approximate surface area is 225 Å². The van der Waals surface area contributed by atoms with Gasteiger partial charge >= 0.3 is 0 Å². The maximum Gasteiger partial charge on any atom is 0.268 e. The highest BCUT2D eigenvalue weighted by atomic mass is 16.5. The molecule has 0 atom stereocenters. The molecule has 9 heteroatoms. The van der Waals surface area contributed by atoms with Crippen LogP contribution in [0, 0.1) is 0 Å². The molecule has 2 heterocycles. The number of nitrogens with one attached hydrogen (secondary N) is 1. The van der Waals surface area contributed by atoms with Crippen molar-refractivity contribution in [1.29, 1.82) is 0 Å². The summed E-state index contributed by atoms with van der Waals surface area (Å²) in [6.45, 7) is 2.00. The lowest BCUT2D eigenvalue weighted by Gasteiger charge is -2.24. The minimum absolute atomic E-state index is 0.0986. The summed E-state index contributed by atoms with van der Waals surface area (Å²) in [5.74, 6) is -0.729. The number of ether oxygens (including phenoxy) is 1. The van der Waals surface area contributed by atoms with E-state index >= 15 is 0 Å². The predicted molar refractivity (Wildman–Crippen MR) is 150 cm³/mol. The van der Waals surface area contributed by atoms with Gasteiger partial charge in [-0.1, -0.05) is 36.4 Å². The molecule has 9 nitrogen and oxygen atoms in total. The SMILES string of the molecule is CCN(C(=O)CN1C=CN(c2ccccc2)C(=O)/C(=C/c2[nH]nc3ccccc23)C1=O)c1ccc(OC)cc1. The Hall–Kier alpha value is -5.18. The van der Waals surface area contributed by atoms with E-state index in [9.17, 15) is 14.4 Å². The van der Waals surface area contributed by atoms with Crippen molar-refractivity contribution in [2.45, 2.75) is 6.92 Å². The van der Waals surface area contributed by atoms with Crippen molar-refractivity contribution in [3.05, 3.63) is 103 Å². The molecule has 0 radical (unpaired) electrons. The Bertz CT molecular complexity index is 1570. The molecule has 1 N–H and O–H groups in total. The van der Waals surface area contributed by atoms with Gasteiger partial charge in [-0.25, -0.2) is 0 Å². The average Bonchev–Trinajstić information content (AvgIpc) is 3.34. The van der Waals surface area contributed by atoms with E-state index < -0.39 is 11.8 Å². The molecule has 0 bridgehead atoms.